The molecule has 0 bridgehead atoms. The van der Waals surface area contributed by atoms with E-state index in [0.29, 0.717) is 28.6 Å². The Morgan fingerprint density at radius 3 is 2.30 bits per heavy atom. The SMILES string of the molecule is C/C(=N\Nc1nc2nonc2nc1Nc1ccc(F)cc1)c1nonc1C. The smallest absolute Gasteiger partial charge is 0.245 e. The van der Waals surface area contributed by atoms with Crippen molar-refractivity contribution < 1.29 is 13.6 Å². The molecular weight excluding hydrogens is 357 g/mol. The van der Waals surface area contributed by atoms with Gasteiger partial charge in [0, 0.05) is 5.69 Å². The number of nitrogens with one attached hydrogen (secondary N) is 2. The van der Waals surface area contributed by atoms with Crippen LogP contribution in [0.4, 0.5) is 21.7 Å². The molecular formula is C15H12FN9O2. The molecule has 0 aliphatic heterocycles. The highest BCUT2D eigenvalue weighted by Gasteiger charge is 2.14. The highest BCUT2D eigenvalue weighted by molar-refractivity contribution is 5.98. The number of rotatable bonds is 5. The number of fused-ring (bicyclic) bond motifs is 1. The molecule has 0 atom stereocenters. The van der Waals surface area contributed by atoms with Crippen LogP contribution < -0.4 is 10.7 Å². The summed E-state index contributed by atoms with van der Waals surface area (Å²) >= 11 is 0. The molecule has 0 aliphatic rings. The van der Waals surface area contributed by atoms with E-state index < -0.39 is 0 Å². The molecule has 4 aromatic rings. The molecule has 0 saturated heterocycles. The number of hydrogen-bond donors (Lipinski definition) is 2. The van der Waals surface area contributed by atoms with Crippen molar-refractivity contribution >= 4 is 34.3 Å². The molecule has 0 saturated carbocycles. The van der Waals surface area contributed by atoms with Crippen molar-refractivity contribution in [2.24, 2.45) is 5.10 Å². The van der Waals surface area contributed by atoms with E-state index in [2.05, 4.69) is 55.7 Å². The Kier molecular flexibility index (Phi) is 4.12. The third kappa shape index (κ3) is 3.40. The topological polar surface area (TPSA) is 140 Å². The predicted molar refractivity (Wildman–Crippen MR) is 91.9 cm³/mol. The summed E-state index contributed by atoms with van der Waals surface area (Å²) in [7, 11) is 0. The van der Waals surface area contributed by atoms with Gasteiger partial charge in [-0.2, -0.15) is 10.1 Å². The molecule has 11 nitrogen and oxygen atoms in total. The van der Waals surface area contributed by atoms with Gasteiger partial charge in [-0.1, -0.05) is 5.16 Å². The van der Waals surface area contributed by atoms with Crippen LogP contribution in [0.5, 0.6) is 0 Å². The molecule has 0 amide bonds. The number of benzene rings is 1. The fourth-order valence-corrected chi connectivity index (χ4v) is 2.22. The molecule has 0 fully saturated rings. The van der Waals surface area contributed by atoms with Crippen LogP contribution in [0.3, 0.4) is 0 Å². The molecule has 1 aromatic carbocycles. The van der Waals surface area contributed by atoms with Crippen molar-refractivity contribution in [1.82, 2.24) is 30.6 Å². The Hall–Kier alpha value is -3.96. The lowest BCUT2D eigenvalue weighted by atomic mass is 10.2. The van der Waals surface area contributed by atoms with Gasteiger partial charge in [0.05, 0.1) is 5.71 Å². The Labute approximate surface area is 150 Å². The molecule has 4 rings (SSSR count). The van der Waals surface area contributed by atoms with Crippen molar-refractivity contribution in [2.45, 2.75) is 13.8 Å². The lowest BCUT2D eigenvalue weighted by molar-refractivity contribution is 0.304. The van der Waals surface area contributed by atoms with Crippen molar-refractivity contribution in [1.29, 1.82) is 0 Å². The van der Waals surface area contributed by atoms with Crippen LogP contribution in [-0.2, 0) is 0 Å². The molecule has 2 N–H and O–H groups in total. The van der Waals surface area contributed by atoms with Gasteiger partial charge in [0.1, 0.15) is 11.5 Å². The first-order valence-electron chi connectivity index (χ1n) is 7.73. The lowest BCUT2D eigenvalue weighted by Gasteiger charge is -2.09. The minimum Gasteiger partial charge on any atom is -0.337 e. The fourth-order valence-electron chi connectivity index (χ4n) is 2.22. The maximum atomic E-state index is 13.1. The Bertz CT molecular complexity index is 1120. The average molecular weight is 369 g/mol. The van der Waals surface area contributed by atoms with E-state index in [9.17, 15) is 4.39 Å². The zero-order valence-corrected chi connectivity index (χ0v) is 14.1. The van der Waals surface area contributed by atoms with Crippen LogP contribution in [-0.4, -0.2) is 36.3 Å². The summed E-state index contributed by atoms with van der Waals surface area (Å²) in [6, 6.07) is 5.76. The van der Waals surface area contributed by atoms with Gasteiger partial charge in [-0.15, -0.1) is 0 Å². The average Bonchev–Trinajstić information content (AvgIpc) is 3.29. The van der Waals surface area contributed by atoms with E-state index >= 15 is 0 Å². The minimum atomic E-state index is -0.349. The molecule has 27 heavy (non-hydrogen) atoms. The van der Waals surface area contributed by atoms with Crippen molar-refractivity contribution in [3.05, 3.63) is 41.5 Å². The van der Waals surface area contributed by atoms with E-state index in [1.54, 1.807) is 26.0 Å². The summed E-state index contributed by atoms with van der Waals surface area (Å²) < 4.78 is 22.4. The summed E-state index contributed by atoms with van der Waals surface area (Å²) in [5.41, 5.74) is 5.45. The maximum absolute atomic E-state index is 13.1. The van der Waals surface area contributed by atoms with Gasteiger partial charge in [0.15, 0.2) is 17.3 Å². The first kappa shape index (κ1) is 16.5. The lowest BCUT2D eigenvalue weighted by Crippen LogP contribution is -2.06. The van der Waals surface area contributed by atoms with Gasteiger partial charge >= 0.3 is 0 Å². The van der Waals surface area contributed by atoms with Crippen molar-refractivity contribution in [2.75, 3.05) is 10.7 Å². The third-order valence-corrected chi connectivity index (χ3v) is 3.55. The molecule has 3 aromatic heterocycles. The number of halogens is 1. The predicted octanol–water partition coefficient (Wildman–Crippen LogP) is 2.42. The number of hydrogen-bond acceptors (Lipinski definition) is 11. The number of hydrazone groups is 1. The second-order valence-electron chi connectivity index (χ2n) is 5.47. The third-order valence-electron chi connectivity index (χ3n) is 3.55. The van der Waals surface area contributed by atoms with E-state index in [1.165, 1.54) is 12.1 Å². The molecule has 136 valence electrons. The van der Waals surface area contributed by atoms with Gasteiger partial charge in [-0.3, -0.25) is 5.43 Å². The van der Waals surface area contributed by atoms with Crippen LogP contribution in [0.1, 0.15) is 18.3 Å². The van der Waals surface area contributed by atoms with Gasteiger partial charge in [0.25, 0.3) is 0 Å². The van der Waals surface area contributed by atoms with E-state index in [-0.39, 0.29) is 22.9 Å². The van der Waals surface area contributed by atoms with E-state index in [1.807, 2.05) is 0 Å². The van der Waals surface area contributed by atoms with Gasteiger partial charge in [0.2, 0.25) is 11.3 Å². The first-order valence-corrected chi connectivity index (χ1v) is 7.73. The summed E-state index contributed by atoms with van der Waals surface area (Å²) in [5, 5.41) is 22.1. The second-order valence-corrected chi connectivity index (χ2v) is 5.47. The molecule has 0 radical (unpaired) electrons. The monoisotopic (exact) mass is 369 g/mol. The molecule has 0 spiro atoms. The normalized spacial score (nSPS) is 11.7. The highest BCUT2D eigenvalue weighted by atomic mass is 19.1. The minimum absolute atomic E-state index is 0.203. The van der Waals surface area contributed by atoms with Gasteiger partial charge in [-0.25, -0.2) is 18.6 Å². The summed E-state index contributed by atoms with van der Waals surface area (Å²) in [4.78, 5) is 8.58. The van der Waals surface area contributed by atoms with Crippen LogP contribution >= 0.6 is 0 Å². The Balaban J connectivity index is 1.67. The number of anilines is 3. The summed E-state index contributed by atoms with van der Waals surface area (Å²) in [6.45, 7) is 3.48. The Morgan fingerprint density at radius 2 is 1.63 bits per heavy atom. The second kappa shape index (κ2) is 6.74. The standard InChI is InChI=1S/C15H12FN9O2/c1-7(11-8(2)22-26-23-11)20-21-13-12(17-10-5-3-9(16)4-6-10)18-14-15(19-13)25-27-24-14/h3-6H,1-2H3,(H,17,18,24)(H,19,21,25)/b20-7+. The first-order chi connectivity index (χ1) is 13.1. The molecule has 12 heteroatoms. The van der Waals surface area contributed by atoms with Gasteiger partial charge in [-0.05, 0) is 53.6 Å². The zero-order chi connectivity index (χ0) is 18.8. The van der Waals surface area contributed by atoms with Crippen LogP contribution in [0.2, 0.25) is 0 Å². The summed E-state index contributed by atoms with van der Waals surface area (Å²) in [5.74, 6) is 0.213. The maximum Gasteiger partial charge on any atom is 0.245 e. The van der Waals surface area contributed by atoms with Crippen molar-refractivity contribution in [3.8, 4) is 0 Å². The highest BCUT2D eigenvalue weighted by Crippen LogP contribution is 2.24. The van der Waals surface area contributed by atoms with Crippen molar-refractivity contribution in [3.63, 3.8) is 0 Å². The van der Waals surface area contributed by atoms with Crippen LogP contribution in [0.15, 0.2) is 38.6 Å². The van der Waals surface area contributed by atoms with Crippen LogP contribution in [0.25, 0.3) is 11.3 Å². The molecule has 3 heterocycles. The molecule has 0 aliphatic carbocycles. The Morgan fingerprint density at radius 1 is 0.963 bits per heavy atom. The number of aromatic nitrogens is 6. The number of nitrogens with zero attached hydrogens (tertiary/aromatic N) is 7. The summed E-state index contributed by atoms with van der Waals surface area (Å²) in [6.07, 6.45) is 0. The zero-order valence-electron chi connectivity index (χ0n) is 14.1. The van der Waals surface area contributed by atoms with E-state index in [0.717, 1.165) is 0 Å². The van der Waals surface area contributed by atoms with Crippen LogP contribution in [0, 0.1) is 12.7 Å². The largest absolute Gasteiger partial charge is 0.337 e. The fraction of sp³-hybridized carbons (Fsp3) is 0.133. The number of aryl methyl sites for hydroxylation is 1. The quantitative estimate of drug-likeness (QED) is 0.398. The van der Waals surface area contributed by atoms with E-state index in [4.69, 9.17) is 0 Å². The van der Waals surface area contributed by atoms with Gasteiger partial charge < -0.3 is 5.32 Å². The molecule has 0 unspecified atom stereocenters.